The summed E-state index contributed by atoms with van der Waals surface area (Å²) >= 11 is 0. The molecular formula is C50H72N4O11. The molecule has 2 aromatic rings. The van der Waals surface area contributed by atoms with E-state index in [1.165, 1.54) is 0 Å². The molecule has 4 N–H and O–H groups in total. The first-order chi connectivity index (χ1) is 31.8. The van der Waals surface area contributed by atoms with Gasteiger partial charge in [0.1, 0.15) is 26.4 Å². The van der Waals surface area contributed by atoms with Crippen molar-refractivity contribution >= 4 is 23.8 Å². The number of hydrogen-bond acceptors (Lipinski definition) is 11. The molecule has 65 heavy (non-hydrogen) atoms. The SMILES string of the molecule is C#CCOCCOCCNC(=O)CCC(CCC(=O)NCCOCCOCC#C)(CCC(=O)NCCOCCOCC#C)NC(=O)OCC1c2ccccc2-c2ccccc21.CC.CC. The molecule has 1 aliphatic rings. The predicted octanol–water partition coefficient (Wildman–Crippen LogP) is 5.00. The largest absolute Gasteiger partial charge is 0.449 e. The highest BCUT2D eigenvalue weighted by Crippen LogP contribution is 2.44. The lowest BCUT2D eigenvalue weighted by Gasteiger charge is -2.35. The van der Waals surface area contributed by atoms with Crippen LogP contribution in [-0.2, 0) is 47.5 Å². The van der Waals surface area contributed by atoms with Crippen LogP contribution < -0.4 is 21.3 Å². The van der Waals surface area contributed by atoms with E-state index in [1.807, 2.05) is 76.2 Å². The van der Waals surface area contributed by atoms with Crippen molar-refractivity contribution in [2.75, 3.05) is 106 Å². The van der Waals surface area contributed by atoms with Gasteiger partial charge in [0.2, 0.25) is 17.7 Å². The summed E-state index contributed by atoms with van der Waals surface area (Å²) in [6.07, 6.45) is 15.1. The summed E-state index contributed by atoms with van der Waals surface area (Å²) in [5, 5.41) is 11.5. The third kappa shape index (κ3) is 25.0. The van der Waals surface area contributed by atoms with E-state index in [9.17, 15) is 19.2 Å². The summed E-state index contributed by atoms with van der Waals surface area (Å²) < 4.78 is 38.0. The summed E-state index contributed by atoms with van der Waals surface area (Å²) in [5.41, 5.74) is 3.06. The lowest BCUT2D eigenvalue weighted by atomic mass is 9.83. The smallest absolute Gasteiger partial charge is 0.407 e. The van der Waals surface area contributed by atoms with Crippen LogP contribution in [0, 0.1) is 37.0 Å². The topological polar surface area (TPSA) is 181 Å². The van der Waals surface area contributed by atoms with Gasteiger partial charge in [0.15, 0.2) is 0 Å². The first-order valence-corrected chi connectivity index (χ1v) is 22.5. The Hall–Kier alpha value is -5.44. The third-order valence-electron chi connectivity index (χ3n) is 9.58. The number of terminal acetylenes is 3. The molecule has 0 fully saturated rings. The zero-order valence-corrected chi connectivity index (χ0v) is 39.0. The lowest BCUT2D eigenvalue weighted by molar-refractivity contribution is -0.121. The van der Waals surface area contributed by atoms with Crippen molar-refractivity contribution in [3.05, 3.63) is 59.7 Å². The van der Waals surface area contributed by atoms with Gasteiger partial charge in [-0.25, -0.2) is 4.79 Å². The van der Waals surface area contributed by atoms with Crippen LogP contribution in [0.4, 0.5) is 4.79 Å². The van der Waals surface area contributed by atoms with E-state index in [2.05, 4.69) is 39.0 Å². The van der Waals surface area contributed by atoms with E-state index in [0.29, 0.717) is 39.6 Å². The Kier molecular flexibility index (Phi) is 33.6. The van der Waals surface area contributed by atoms with Crippen LogP contribution in [0.3, 0.4) is 0 Å². The lowest BCUT2D eigenvalue weighted by Crippen LogP contribution is -2.51. The van der Waals surface area contributed by atoms with Gasteiger partial charge in [0.25, 0.3) is 0 Å². The number of nitrogens with one attached hydrogen (secondary N) is 4. The highest BCUT2D eigenvalue weighted by atomic mass is 16.6. The first kappa shape index (κ1) is 57.6. The molecule has 0 spiro atoms. The molecule has 0 bridgehead atoms. The zero-order chi connectivity index (χ0) is 47.8. The molecule has 0 heterocycles. The average Bonchev–Trinajstić information content (AvgIpc) is 3.65. The molecular weight excluding hydrogens is 833 g/mol. The van der Waals surface area contributed by atoms with Crippen molar-refractivity contribution in [3.63, 3.8) is 0 Å². The predicted molar refractivity (Wildman–Crippen MR) is 252 cm³/mol. The average molecular weight is 905 g/mol. The van der Waals surface area contributed by atoms with Gasteiger partial charge >= 0.3 is 6.09 Å². The molecule has 358 valence electrons. The molecule has 0 atom stereocenters. The van der Waals surface area contributed by atoms with Gasteiger partial charge in [-0.3, -0.25) is 14.4 Å². The number of hydrogen-bond donors (Lipinski definition) is 4. The van der Waals surface area contributed by atoms with Crippen LogP contribution in [0.25, 0.3) is 11.1 Å². The van der Waals surface area contributed by atoms with Crippen LogP contribution in [-0.4, -0.2) is 135 Å². The molecule has 0 saturated carbocycles. The minimum Gasteiger partial charge on any atom is -0.449 e. The van der Waals surface area contributed by atoms with Gasteiger partial charge in [-0.05, 0) is 41.5 Å². The van der Waals surface area contributed by atoms with Crippen molar-refractivity contribution < 1.29 is 52.3 Å². The van der Waals surface area contributed by atoms with Gasteiger partial charge < -0.3 is 54.4 Å². The number of carbonyl (C=O) groups excluding carboxylic acids is 4. The fourth-order valence-corrected chi connectivity index (χ4v) is 6.58. The van der Waals surface area contributed by atoms with Crippen LogP contribution in [0.15, 0.2) is 48.5 Å². The Morgan fingerprint density at radius 3 is 1.22 bits per heavy atom. The monoisotopic (exact) mass is 905 g/mol. The molecule has 0 saturated heterocycles. The van der Waals surface area contributed by atoms with E-state index in [-0.39, 0.29) is 128 Å². The molecule has 4 amide bonds. The van der Waals surface area contributed by atoms with Crippen LogP contribution in [0.5, 0.6) is 0 Å². The van der Waals surface area contributed by atoms with E-state index < -0.39 is 11.6 Å². The summed E-state index contributed by atoms with van der Waals surface area (Å²) in [4.78, 5) is 53.3. The first-order valence-electron chi connectivity index (χ1n) is 22.5. The molecule has 0 radical (unpaired) electrons. The maximum atomic E-state index is 13.8. The van der Waals surface area contributed by atoms with Crippen molar-refractivity contribution in [2.24, 2.45) is 0 Å². The Labute approximate surface area is 387 Å². The fourth-order valence-electron chi connectivity index (χ4n) is 6.58. The Morgan fingerprint density at radius 2 is 0.862 bits per heavy atom. The maximum absolute atomic E-state index is 13.8. The second-order valence-electron chi connectivity index (χ2n) is 13.9. The number of alkyl carbamates (subject to hydrolysis) is 1. The van der Waals surface area contributed by atoms with E-state index in [0.717, 1.165) is 22.3 Å². The summed E-state index contributed by atoms with van der Waals surface area (Å²) in [6, 6.07) is 16.0. The van der Waals surface area contributed by atoms with Crippen molar-refractivity contribution in [3.8, 4) is 48.2 Å². The maximum Gasteiger partial charge on any atom is 0.407 e. The minimum absolute atomic E-state index is 0.0245. The molecule has 0 aromatic heterocycles. The van der Waals surface area contributed by atoms with Gasteiger partial charge in [-0.15, -0.1) is 19.3 Å². The number of fused-ring (bicyclic) bond motifs is 3. The minimum atomic E-state index is -1.20. The van der Waals surface area contributed by atoms with Gasteiger partial charge in [0, 0.05) is 50.4 Å². The molecule has 15 heteroatoms. The van der Waals surface area contributed by atoms with Gasteiger partial charge in [-0.2, -0.15) is 0 Å². The molecule has 15 nitrogen and oxygen atoms in total. The van der Waals surface area contributed by atoms with Crippen molar-refractivity contribution in [1.82, 2.24) is 21.3 Å². The van der Waals surface area contributed by atoms with Gasteiger partial charge in [-0.1, -0.05) is 94.0 Å². The van der Waals surface area contributed by atoms with E-state index >= 15 is 0 Å². The van der Waals surface area contributed by atoms with Crippen molar-refractivity contribution in [2.45, 2.75) is 77.7 Å². The third-order valence-corrected chi connectivity index (χ3v) is 9.58. The molecule has 0 unspecified atom stereocenters. The summed E-state index contributed by atoms with van der Waals surface area (Å²) in [7, 11) is 0. The number of amides is 4. The number of carbonyl (C=O) groups is 4. The van der Waals surface area contributed by atoms with Crippen LogP contribution in [0.2, 0.25) is 0 Å². The number of benzene rings is 2. The van der Waals surface area contributed by atoms with Crippen LogP contribution in [0.1, 0.15) is 83.3 Å². The van der Waals surface area contributed by atoms with E-state index in [4.69, 9.17) is 52.4 Å². The van der Waals surface area contributed by atoms with Gasteiger partial charge in [0.05, 0.1) is 59.5 Å². The molecule has 2 aromatic carbocycles. The normalized spacial score (nSPS) is 11.1. The fraction of sp³-hybridized carbons (Fsp3) is 0.560. The number of rotatable bonds is 33. The Morgan fingerprint density at radius 1 is 0.523 bits per heavy atom. The van der Waals surface area contributed by atoms with Crippen molar-refractivity contribution in [1.29, 1.82) is 0 Å². The molecule has 0 aliphatic heterocycles. The quantitative estimate of drug-likeness (QED) is 0.0559. The highest BCUT2D eigenvalue weighted by Gasteiger charge is 2.35. The Balaban J connectivity index is 0.00000513. The zero-order valence-electron chi connectivity index (χ0n) is 39.0. The molecule has 3 rings (SSSR count). The standard InChI is InChI=1S/C46H60N4O11.2C2H6/c1-4-24-55-30-33-58-27-21-47-42(51)15-18-46(19-16-43(52)48-22-28-59-34-31-56-25-5-2,20-17-44(53)49-23-29-60-35-32-57-26-6-3)50-45(54)61-36-41-39-13-9-7-11-37(39)38-12-8-10-14-40(38)41;2*1-2/h1-3,7-14,41H,15-36H2,(H,47,51)(H,48,52)(H,49,53)(H,50,54);2*1-2H3. The second kappa shape index (κ2) is 37.9. The Bertz CT molecular complexity index is 1610. The second-order valence-corrected chi connectivity index (χ2v) is 13.9. The van der Waals surface area contributed by atoms with E-state index in [1.54, 1.807) is 0 Å². The number of ether oxygens (including phenoxy) is 7. The molecule has 1 aliphatic carbocycles. The highest BCUT2D eigenvalue weighted by molar-refractivity contribution is 5.80. The summed E-state index contributed by atoms with van der Waals surface area (Å²) in [6.45, 7) is 12.0. The summed E-state index contributed by atoms with van der Waals surface area (Å²) in [5.74, 6) is 6.05. The van der Waals surface area contributed by atoms with Crippen LogP contribution >= 0.6 is 0 Å².